The van der Waals surface area contributed by atoms with Crippen LogP contribution < -0.4 is 5.32 Å². The Hall–Kier alpha value is -1.39. The maximum Gasteiger partial charge on any atom is 0.246 e. The van der Waals surface area contributed by atoms with E-state index in [2.05, 4.69) is 5.32 Å². The van der Waals surface area contributed by atoms with Crippen molar-refractivity contribution in [3.05, 3.63) is 35.9 Å². The Bertz CT molecular complexity index is 327. The largest absolute Gasteiger partial charge is 0.391 e. The molecule has 0 heterocycles. The molecule has 0 radical (unpaired) electrons. The second-order valence-electron chi connectivity index (χ2n) is 3.78. The second-order valence-corrected chi connectivity index (χ2v) is 3.78. The van der Waals surface area contributed by atoms with Gasteiger partial charge in [0.25, 0.3) is 0 Å². The van der Waals surface area contributed by atoms with E-state index in [1.165, 1.54) is 0 Å². The van der Waals surface area contributed by atoms with Gasteiger partial charge in [-0.15, -0.1) is 0 Å². The van der Waals surface area contributed by atoms with Crippen molar-refractivity contribution in [2.45, 2.75) is 19.4 Å². The number of amides is 1. The first-order valence-electron chi connectivity index (χ1n) is 5.78. The molecule has 1 rings (SSSR count). The zero-order valence-electron chi connectivity index (χ0n) is 10.1. The summed E-state index contributed by atoms with van der Waals surface area (Å²) in [5.74, 6) is -0.195. The van der Waals surface area contributed by atoms with E-state index in [0.29, 0.717) is 13.0 Å². The van der Waals surface area contributed by atoms with Gasteiger partial charge in [0, 0.05) is 19.6 Å². The Morgan fingerprint density at radius 3 is 2.76 bits per heavy atom. The zero-order chi connectivity index (χ0) is 12.5. The quantitative estimate of drug-likeness (QED) is 0.735. The van der Waals surface area contributed by atoms with Crippen LogP contribution in [0, 0.1) is 0 Å². The smallest absolute Gasteiger partial charge is 0.246 e. The summed E-state index contributed by atoms with van der Waals surface area (Å²) in [5, 5.41) is 12.3. The van der Waals surface area contributed by atoms with Crippen molar-refractivity contribution >= 4 is 5.91 Å². The number of ether oxygens (including phenoxy) is 1. The van der Waals surface area contributed by atoms with Crippen LogP contribution in [-0.4, -0.2) is 36.9 Å². The van der Waals surface area contributed by atoms with Crippen molar-refractivity contribution in [1.82, 2.24) is 5.32 Å². The van der Waals surface area contributed by atoms with Crippen molar-refractivity contribution in [3.63, 3.8) is 0 Å². The van der Waals surface area contributed by atoms with Gasteiger partial charge in [0.15, 0.2) is 0 Å². The number of aliphatic hydroxyl groups is 1. The topological polar surface area (TPSA) is 58.6 Å². The van der Waals surface area contributed by atoms with Crippen molar-refractivity contribution in [1.29, 1.82) is 0 Å². The molecule has 1 amide bonds. The molecule has 0 saturated heterocycles. The minimum absolute atomic E-state index is 0.0502. The van der Waals surface area contributed by atoms with Crippen LogP contribution in [0.15, 0.2) is 30.3 Å². The summed E-state index contributed by atoms with van der Waals surface area (Å²) in [6, 6.07) is 9.68. The summed E-state index contributed by atoms with van der Waals surface area (Å²) in [6.45, 7) is 2.65. The highest BCUT2D eigenvalue weighted by molar-refractivity contribution is 5.77. The number of benzene rings is 1. The Labute approximate surface area is 102 Å². The number of hydrogen-bond acceptors (Lipinski definition) is 3. The number of aliphatic hydroxyl groups excluding tert-OH is 1. The molecule has 17 heavy (non-hydrogen) atoms. The molecule has 0 unspecified atom stereocenters. The summed E-state index contributed by atoms with van der Waals surface area (Å²) in [6.07, 6.45) is -0.0292. The predicted octanol–water partition coefficient (Wildman–Crippen LogP) is 0.743. The van der Waals surface area contributed by atoms with Crippen LogP contribution >= 0.6 is 0 Å². The monoisotopic (exact) mass is 237 g/mol. The minimum Gasteiger partial charge on any atom is -0.391 e. The third kappa shape index (κ3) is 6.04. The van der Waals surface area contributed by atoms with Crippen molar-refractivity contribution in [2.75, 3.05) is 19.8 Å². The fourth-order valence-corrected chi connectivity index (χ4v) is 1.44. The molecule has 2 N–H and O–H groups in total. The Morgan fingerprint density at radius 1 is 1.41 bits per heavy atom. The van der Waals surface area contributed by atoms with Crippen molar-refractivity contribution in [2.24, 2.45) is 0 Å². The molecule has 0 aliphatic rings. The third-order valence-electron chi connectivity index (χ3n) is 2.29. The van der Waals surface area contributed by atoms with E-state index in [1.54, 1.807) is 0 Å². The van der Waals surface area contributed by atoms with E-state index in [9.17, 15) is 9.90 Å². The predicted molar refractivity (Wildman–Crippen MR) is 65.7 cm³/mol. The zero-order valence-corrected chi connectivity index (χ0v) is 10.1. The molecule has 94 valence electrons. The highest BCUT2D eigenvalue weighted by atomic mass is 16.5. The van der Waals surface area contributed by atoms with Gasteiger partial charge in [0.2, 0.25) is 5.91 Å². The van der Waals surface area contributed by atoms with Crippen LogP contribution in [0.3, 0.4) is 0 Å². The fourth-order valence-electron chi connectivity index (χ4n) is 1.44. The maximum atomic E-state index is 11.2. The molecule has 0 aromatic heterocycles. The number of hydrogen-bond donors (Lipinski definition) is 2. The van der Waals surface area contributed by atoms with Gasteiger partial charge < -0.3 is 15.2 Å². The van der Waals surface area contributed by atoms with E-state index in [0.717, 1.165) is 5.56 Å². The molecule has 0 spiro atoms. The molecule has 0 aliphatic carbocycles. The maximum absolute atomic E-state index is 11.2. The highest BCUT2D eigenvalue weighted by Gasteiger charge is 2.07. The average Bonchev–Trinajstić information content (AvgIpc) is 2.35. The number of nitrogens with one attached hydrogen (secondary N) is 1. The summed E-state index contributed by atoms with van der Waals surface area (Å²) in [4.78, 5) is 11.2. The molecule has 0 aliphatic heterocycles. The number of carbonyl (C=O) groups excluding carboxylic acids is 1. The Balaban J connectivity index is 2.21. The molecule has 1 aromatic rings. The van der Waals surface area contributed by atoms with Gasteiger partial charge in [0.1, 0.15) is 6.61 Å². The number of rotatable bonds is 7. The van der Waals surface area contributed by atoms with Gasteiger partial charge >= 0.3 is 0 Å². The van der Waals surface area contributed by atoms with Gasteiger partial charge in [-0.25, -0.2) is 0 Å². The van der Waals surface area contributed by atoms with E-state index < -0.39 is 6.10 Å². The molecule has 0 saturated carbocycles. The third-order valence-corrected chi connectivity index (χ3v) is 2.29. The summed E-state index contributed by atoms with van der Waals surface area (Å²) < 4.78 is 4.95. The molecule has 4 nitrogen and oxygen atoms in total. The Kier molecular flexibility index (Phi) is 6.29. The molecule has 0 fully saturated rings. The standard InChI is InChI=1S/C13H19NO3/c1-2-17-10-13(16)14-9-12(15)8-11-6-4-3-5-7-11/h3-7,12,15H,2,8-10H2,1H3,(H,14,16)/t12-/m1/s1. The summed E-state index contributed by atoms with van der Waals surface area (Å²) in [5.41, 5.74) is 1.05. The normalized spacial score (nSPS) is 12.1. The van der Waals surface area contributed by atoms with E-state index >= 15 is 0 Å². The highest BCUT2D eigenvalue weighted by Crippen LogP contribution is 2.02. The molecule has 1 aromatic carbocycles. The minimum atomic E-state index is -0.567. The first kappa shape index (κ1) is 13.7. The first-order valence-corrected chi connectivity index (χ1v) is 5.78. The second kappa shape index (κ2) is 7.81. The molecule has 4 heteroatoms. The summed E-state index contributed by atoms with van der Waals surface area (Å²) in [7, 11) is 0. The van der Waals surface area contributed by atoms with Gasteiger partial charge in [-0.1, -0.05) is 30.3 Å². The number of carbonyl (C=O) groups is 1. The fraction of sp³-hybridized carbons (Fsp3) is 0.462. The van der Waals surface area contributed by atoms with Gasteiger partial charge in [-0.2, -0.15) is 0 Å². The van der Waals surface area contributed by atoms with E-state index in [1.807, 2.05) is 37.3 Å². The van der Waals surface area contributed by atoms with Crippen molar-refractivity contribution in [3.8, 4) is 0 Å². The molecular weight excluding hydrogens is 218 g/mol. The van der Waals surface area contributed by atoms with Crippen LogP contribution in [0.1, 0.15) is 12.5 Å². The van der Waals surface area contributed by atoms with Gasteiger partial charge in [-0.3, -0.25) is 4.79 Å². The van der Waals surface area contributed by atoms with E-state index in [-0.39, 0.29) is 19.1 Å². The molecule has 0 bridgehead atoms. The Morgan fingerprint density at radius 2 is 2.12 bits per heavy atom. The average molecular weight is 237 g/mol. The molecular formula is C13H19NO3. The van der Waals surface area contributed by atoms with Gasteiger partial charge in [-0.05, 0) is 12.5 Å². The first-order chi connectivity index (χ1) is 8.22. The lowest BCUT2D eigenvalue weighted by molar-refractivity contribution is -0.126. The lowest BCUT2D eigenvalue weighted by Crippen LogP contribution is -2.35. The van der Waals surface area contributed by atoms with Crippen LogP contribution in [0.4, 0.5) is 0 Å². The van der Waals surface area contributed by atoms with Gasteiger partial charge in [0.05, 0.1) is 6.10 Å². The van der Waals surface area contributed by atoms with Crippen molar-refractivity contribution < 1.29 is 14.6 Å². The lowest BCUT2D eigenvalue weighted by Gasteiger charge is -2.11. The van der Waals surface area contributed by atoms with E-state index in [4.69, 9.17) is 4.74 Å². The van der Waals surface area contributed by atoms with Crippen LogP contribution in [-0.2, 0) is 16.0 Å². The van der Waals surface area contributed by atoms with Crippen LogP contribution in [0.25, 0.3) is 0 Å². The van der Waals surface area contributed by atoms with Crippen LogP contribution in [0.2, 0.25) is 0 Å². The lowest BCUT2D eigenvalue weighted by atomic mass is 10.1. The SMILES string of the molecule is CCOCC(=O)NC[C@H](O)Cc1ccccc1. The molecule has 1 atom stereocenters. The summed E-state index contributed by atoms with van der Waals surface area (Å²) >= 11 is 0. The van der Waals surface area contributed by atoms with Crippen LogP contribution in [0.5, 0.6) is 0 Å².